The molecule has 1 aliphatic heterocycles. The van der Waals surface area contributed by atoms with Crippen LogP contribution < -0.4 is 0 Å². The summed E-state index contributed by atoms with van der Waals surface area (Å²) < 4.78 is 5.11. The van der Waals surface area contributed by atoms with Crippen molar-refractivity contribution in [2.24, 2.45) is 0 Å². The first-order valence-corrected chi connectivity index (χ1v) is 7.01. The summed E-state index contributed by atoms with van der Waals surface area (Å²) in [5.74, 6) is -0.0955. The van der Waals surface area contributed by atoms with E-state index in [2.05, 4.69) is 15.9 Å². The van der Waals surface area contributed by atoms with Crippen LogP contribution in [-0.2, 0) is 14.3 Å². The van der Waals surface area contributed by atoms with Gasteiger partial charge in [0.2, 0.25) is 0 Å². The largest absolute Gasteiger partial charge is 0.359 e. The Morgan fingerprint density at radius 2 is 1.50 bits per heavy atom. The molecule has 4 heteroatoms. The smallest absolute Gasteiger partial charge is 0.192 e. The van der Waals surface area contributed by atoms with Crippen LogP contribution in [0.4, 0.5) is 0 Å². The minimum Gasteiger partial charge on any atom is -0.359 e. The number of halogens is 1. The first-order chi connectivity index (χ1) is 8.05. The van der Waals surface area contributed by atoms with Gasteiger partial charge in [-0.05, 0) is 47.5 Å². The van der Waals surface area contributed by atoms with Gasteiger partial charge < -0.3 is 4.74 Å². The Morgan fingerprint density at radius 3 is 2.06 bits per heavy atom. The molecule has 0 amide bonds. The van der Waals surface area contributed by atoms with Gasteiger partial charge in [-0.25, -0.2) is 0 Å². The second-order valence-electron chi connectivity index (χ2n) is 6.10. The summed E-state index contributed by atoms with van der Waals surface area (Å²) in [6.07, 6.45) is 1.37. The standard InChI is InChI=1S/C14H19BrO3/c1-8-9(2)11(17)14(15)7-6-12(3,4)18-13(14,5)10(8)16/h6-7H2,1-5H3. The van der Waals surface area contributed by atoms with Crippen LogP contribution >= 0.6 is 15.9 Å². The third-order valence-electron chi connectivity index (χ3n) is 4.35. The zero-order valence-corrected chi connectivity index (χ0v) is 13.1. The minimum atomic E-state index is -1.10. The van der Waals surface area contributed by atoms with E-state index in [0.717, 1.165) is 6.42 Å². The predicted molar refractivity (Wildman–Crippen MR) is 72.8 cm³/mol. The molecule has 2 unspecified atom stereocenters. The highest BCUT2D eigenvalue weighted by Gasteiger charge is 2.64. The van der Waals surface area contributed by atoms with Gasteiger partial charge in [0, 0.05) is 11.1 Å². The maximum Gasteiger partial charge on any atom is 0.192 e. The topological polar surface area (TPSA) is 43.4 Å². The van der Waals surface area contributed by atoms with E-state index in [-0.39, 0.29) is 17.2 Å². The summed E-state index contributed by atoms with van der Waals surface area (Å²) in [7, 11) is 0. The molecule has 0 N–H and O–H groups in total. The molecule has 0 radical (unpaired) electrons. The lowest BCUT2D eigenvalue weighted by atomic mass is 9.67. The molecule has 1 aliphatic carbocycles. The van der Waals surface area contributed by atoms with Crippen molar-refractivity contribution in [2.45, 2.75) is 63.0 Å². The number of rotatable bonds is 0. The molecule has 2 aliphatic rings. The summed E-state index contributed by atoms with van der Waals surface area (Å²) in [4.78, 5) is 25.1. The van der Waals surface area contributed by atoms with E-state index in [4.69, 9.17) is 4.74 Å². The SMILES string of the molecule is CC1=C(C)C(=O)C2(C)OC(C)(C)CCC2(Br)C1=O. The number of carbonyl (C=O) groups is 2. The third-order valence-corrected chi connectivity index (χ3v) is 5.86. The molecule has 3 nitrogen and oxygen atoms in total. The van der Waals surface area contributed by atoms with E-state index in [9.17, 15) is 9.59 Å². The summed E-state index contributed by atoms with van der Waals surface area (Å²) in [6.45, 7) is 9.08. The fraction of sp³-hybridized carbons (Fsp3) is 0.714. The fourth-order valence-corrected chi connectivity index (χ4v) is 3.71. The predicted octanol–water partition coefficient (Wildman–Crippen LogP) is 2.96. The first kappa shape index (κ1) is 13.9. The molecule has 1 fully saturated rings. The molecule has 100 valence electrons. The molecule has 0 aromatic heterocycles. The highest BCUT2D eigenvalue weighted by Crippen LogP contribution is 2.52. The van der Waals surface area contributed by atoms with Gasteiger partial charge in [0.15, 0.2) is 17.2 Å². The zero-order chi connectivity index (χ0) is 13.9. The van der Waals surface area contributed by atoms with Gasteiger partial charge in [-0.2, -0.15) is 0 Å². The van der Waals surface area contributed by atoms with Gasteiger partial charge in [0.05, 0.1) is 5.60 Å². The van der Waals surface area contributed by atoms with E-state index in [1.165, 1.54) is 0 Å². The van der Waals surface area contributed by atoms with Gasteiger partial charge in [-0.3, -0.25) is 9.59 Å². The maximum atomic E-state index is 12.6. The Kier molecular flexibility index (Phi) is 2.91. The Balaban J connectivity index is 2.63. The number of ketones is 2. The number of alkyl halides is 1. The lowest BCUT2D eigenvalue weighted by Crippen LogP contribution is -2.67. The van der Waals surface area contributed by atoms with Crippen molar-refractivity contribution < 1.29 is 14.3 Å². The van der Waals surface area contributed by atoms with Crippen LogP contribution in [-0.4, -0.2) is 27.1 Å². The van der Waals surface area contributed by atoms with Crippen LogP contribution in [0, 0.1) is 0 Å². The van der Waals surface area contributed by atoms with Gasteiger partial charge in [0.25, 0.3) is 0 Å². The van der Waals surface area contributed by atoms with Crippen LogP contribution in [0.5, 0.6) is 0 Å². The highest BCUT2D eigenvalue weighted by atomic mass is 79.9. The molecule has 0 spiro atoms. The number of ether oxygens (including phenoxy) is 1. The number of carbonyl (C=O) groups excluding carboxylic acids is 2. The Hall–Kier alpha value is -0.480. The average molecular weight is 315 g/mol. The molecule has 2 atom stereocenters. The second-order valence-corrected chi connectivity index (χ2v) is 7.46. The quantitative estimate of drug-likeness (QED) is 0.646. The van der Waals surface area contributed by atoms with E-state index in [0.29, 0.717) is 17.6 Å². The fourth-order valence-electron chi connectivity index (χ4n) is 2.95. The van der Waals surface area contributed by atoms with Crippen LogP contribution in [0.2, 0.25) is 0 Å². The molecule has 1 heterocycles. The van der Waals surface area contributed by atoms with E-state index in [1.807, 2.05) is 13.8 Å². The van der Waals surface area contributed by atoms with E-state index >= 15 is 0 Å². The van der Waals surface area contributed by atoms with Gasteiger partial charge in [-0.15, -0.1) is 0 Å². The lowest BCUT2D eigenvalue weighted by molar-refractivity contribution is -0.190. The normalized spacial score (nSPS) is 39.9. The van der Waals surface area contributed by atoms with Gasteiger partial charge >= 0.3 is 0 Å². The number of hydrogen-bond donors (Lipinski definition) is 0. The Labute approximate surface area is 116 Å². The monoisotopic (exact) mass is 314 g/mol. The molecule has 1 saturated heterocycles. The van der Waals surface area contributed by atoms with Crippen LogP contribution in [0.1, 0.15) is 47.5 Å². The minimum absolute atomic E-state index is 0.0161. The molecule has 18 heavy (non-hydrogen) atoms. The zero-order valence-electron chi connectivity index (χ0n) is 11.5. The van der Waals surface area contributed by atoms with Gasteiger partial charge in [-0.1, -0.05) is 15.9 Å². The summed E-state index contributed by atoms with van der Waals surface area (Å²) in [5, 5.41) is 0. The lowest BCUT2D eigenvalue weighted by Gasteiger charge is -2.53. The van der Waals surface area contributed by atoms with Crippen molar-refractivity contribution in [2.75, 3.05) is 0 Å². The Bertz CT molecular complexity index is 477. The number of allylic oxidation sites excluding steroid dienone is 1. The van der Waals surface area contributed by atoms with Crippen molar-refractivity contribution in [3.63, 3.8) is 0 Å². The highest BCUT2D eigenvalue weighted by molar-refractivity contribution is 9.10. The van der Waals surface area contributed by atoms with Crippen LogP contribution in [0.3, 0.4) is 0 Å². The van der Waals surface area contributed by atoms with Crippen molar-refractivity contribution in [1.29, 1.82) is 0 Å². The molecular weight excluding hydrogens is 296 g/mol. The molecular formula is C14H19BrO3. The molecule has 0 saturated carbocycles. The van der Waals surface area contributed by atoms with E-state index < -0.39 is 9.93 Å². The van der Waals surface area contributed by atoms with Crippen molar-refractivity contribution >= 4 is 27.5 Å². The summed E-state index contributed by atoms with van der Waals surface area (Å²) >= 11 is 3.52. The second kappa shape index (κ2) is 3.76. The maximum absolute atomic E-state index is 12.6. The van der Waals surface area contributed by atoms with Crippen LogP contribution in [0.15, 0.2) is 11.1 Å². The molecule has 0 aromatic carbocycles. The molecule has 0 bridgehead atoms. The average Bonchev–Trinajstić information content (AvgIpc) is 2.28. The number of Topliss-reactive ketones (excluding diaryl/α,β-unsaturated/α-hetero) is 2. The molecule has 2 rings (SSSR count). The number of hydrogen-bond acceptors (Lipinski definition) is 3. The van der Waals surface area contributed by atoms with Gasteiger partial charge in [0.1, 0.15) is 4.32 Å². The third kappa shape index (κ3) is 1.58. The van der Waals surface area contributed by atoms with Crippen LogP contribution in [0.25, 0.3) is 0 Å². The summed E-state index contributed by atoms with van der Waals surface area (Å²) in [6, 6.07) is 0. The summed E-state index contributed by atoms with van der Waals surface area (Å²) in [5.41, 5.74) is -0.406. The van der Waals surface area contributed by atoms with Crippen molar-refractivity contribution in [3.8, 4) is 0 Å². The van der Waals surface area contributed by atoms with E-state index in [1.54, 1.807) is 20.8 Å². The Morgan fingerprint density at radius 1 is 1.00 bits per heavy atom. The van der Waals surface area contributed by atoms with Crippen molar-refractivity contribution in [3.05, 3.63) is 11.1 Å². The first-order valence-electron chi connectivity index (χ1n) is 6.21. The molecule has 0 aromatic rings. The van der Waals surface area contributed by atoms with Crippen molar-refractivity contribution in [1.82, 2.24) is 0 Å². The number of fused-ring (bicyclic) bond motifs is 1.